The van der Waals surface area contributed by atoms with E-state index >= 15 is 0 Å². The lowest BCUT2D eigenvalue weighted by atomic mass is 10.00. The Morgan fingerprint density at radius 1 is 1.42 bits per heavy atom. The van der Waals surface area contributed by atoms with Gasteiger partial charge >= 0.3 is 6.03 Å². The van der Waals surface area contributed by atoms with Crippen LogP contribution in [0.5, 0.6) is 0 Å². The Labute approximate surface area is 118 Å². The molecule has 1 rings (SSSR count). The average Bonchev–Trinajstić information content (AvgIpc) is 2.71. The van der Waals surface area contributed by atoms with Crippen LogP contribution in [0.25, 0.3) is 0 Å². The van der Waals surface area contributed by atoms with Crippen molar-refractivity contribution >= 4 is 17.8 Å². The standard InChI is InChI=1S/C13H23N3O2S/c1-9(12-10(2)16-18-11(12)3)8-15-13(17)14-6-5-7-19-4/h9H,5-8H2,1-4H3,(H2,14,15,17)/t9-/m0/s1. The van der Waals surface area contributed by atoms with Gasteiger partial charge in [0.1, 0.15) is 5.76 Å². The summed E-state index contributed by atoms with van der Waals surface area (Å²) >= 11 is 1.78. The Balaban J connectivity index is 2.30. The summed E-state index contributed by atoms with van der Waals surface area (Å²) in [6.45, 7) is 7.17. The number of rotatable bonds is 7. The fourth-order valence-corrected chi connectivity index (χ4v) is 2.46. The number of thioether (sulfide) groups is 1. The van der Waals surface area contributed by atoms with Crippen molar-refractivity contribution in [3.8, 4) is 0 Å². The largest absolute Gasteiger partial charge is 0.361 e. The minimum atomic E-state index is -0.111. The average molecular weight is 285 g/mol. The molecule has 0 fully saturated rings. The van der Waals surface area contributed by atoms with Crippen molar-refractivity contribution in [3.63, 3.8) is 0 Å². The molecular formula is C13H23N3O2S. The summed E-state index contributed by atoms with van der Waals surface area (Å²) in [5.41, 5.74) is 1.98. The monoisotopic (exact) mass is 285 g/mol. The molecule has 19 heavy (non-hydrogen) atoms. The molecule has 1 heterocycles. The van der Waals surface area contributed by atoms with Crippen LogP contribution in [0, 0.1) is 13.8 Å². The predicted molar refractivity (Wildman–Crippen MR) is 78.8 cm³/mol. The maximum Gasteiger partial charge on any atom is 0.314 e. The number of carbonyl (C=O) groups is 1. The van der Waals surface area contributed by atoms with E-state index in [-0.39, 0.29) is 11.9 Å². The molecule has 0 aliphatic heterocycles. The van der Waals surface area contributed by atoms with Crippen molar-refractivity contribution in [1.82, 2.24) is 15.8 Å². The van der Waals surface area contributed by atoms with Crippen LogP contribution in [0.2, 0.25) is 0 Å². The van der Waals surface area contributed by atoms with E-state index in [1.54, 1.807) is 11.8 Å². The van der Waals surface area contributed by atoms with Crippen molar-refractivity contribution in [1.29, 1.82) is 0 Å². The van der Waals surface area contributed by atoms with Gasteiger partial charge in [-0.1, -0.05) is 12.1 Å². The van der Waals surface area contributed by atoms with Gasteiger partial charge in [-0.05, 0) is 32.3 Å². The van der Waals surface area contributed by atoms with Crippen molar-refractivity contribution in [2.45, 2.75) is 33.1 Å². The lowest BCUT2D eigenvalue weighted by Gasteiger charge is -2.13. The number of urea groups is 1. The fraction of sp³-hybridized carbons (Fsp3) is 0.692. The van der Waals surface area contributed by atoms with E-state index in [1.807, 2.05) is 13.8 Å². The first-order chi connectivity index (χ1) is 9.06. The molecule has 0 aromatic carbocycles. The van der Waals surface area contributed by atoms with Gasteiger partial charge in [0.2, 0.25) is 0 Å². The van der Waals surface area contributed by atoms with Gasteiger partial charge in [0.05, 0.1) is 5.69 Å². The van der Waals surface area contributed by atoms with E-state index < -0.39 is 0 Å². The summed E-state index contributed by atoms with van der Waals surface area (Å²) in [7, 11) is 0. The molecule has 0 radical (unpaired) electrons. The van der Waals surface area contributed by atoms with Crippen molar-refractivity contribution in [2.24, 2.45) is 0 Å². The van der Waals surface area contributed by atoms with E-state index in [0.29, 0.717) is 13.1 Å². The highest BCUT2D eigenvalue weighted by atomic mass is 32.2. The molecule has 0 saturated heterocycles. The zero-order valence-electron chi connectivity index (χ0n) is 12.1. The molecule has 0 unspecified atom stereocenters. The Morgan fingerprint density at radius 2 is 2.16 bits per heavy atom. The van der Waals surface area contributed by atoms with Crippen LogP contribution in [0.3, 0.4) is 0 Å². The summed E-state index contributed by atoms with van der Waals surface area (Å²) in [6.07, 6.45) is 3.05. The number of aromatic nitrogens is 1. The topological polar surface area (TPSA) is 67.2 Å². The molecular weight excluding hydrogens is 262 g/mol. The second-order valence-corrected chi connectivity index (χ2v) is 5.61. The fourth-order valence-electron chi connectivity index (χ4n) is 2.02. The van der Waals surface area contributed by atoms with Crippen LogP contribution in [0.4, 0.5) is 4.79 Å². The minimum Gasteiger partial charge on any atom is -0.361 e. The van der Waals surface area contributed by atoms with Crippen LogP contribution in [0.15, 0.2) is 4.52 Å². The van der Waals surface area contributed by atoms with Crippen LogP contribution < -0.4 is 10.6 Å². The molecule has 2 N–H and O–H groups in total. The lowest BCUT2D eigenvalue weighted by molar-refractivity contribution is 0.240. The highest BCUT2D eigenvalue weighted by Crippen LogP contribution is 2.22. The second kappa shape index (κ2) is 8.09. The van der Waals surface area contributed by atoms with Crippen LogP contribution in [-0.4, -0.2) is 36.3 Å². The minimum absolute atomic E-state index is 0.111. The number of nitrogens with zero attached hydrogens (tertiary/aromatic N) is 1. The lowest BCUT2D eigenvalue weighted by Crippen LogP contribution is -2.38. The molecule has 0 bridgehead atoms. The highest BCUT2D eigenvalue weighted by Gasteiger charge is 2.16. The third-order valence-electron chi connectivity index (χ3n) is 2.96. The first-order valence-electron chi connectivity index (χ1n) is 6.49. The maximum atomic E-state index is 11.6. The zero-order chi connectivity index (χ0) is 14.3. The first-order valence-corrected chi connectivity index (χ1v) is 7.89. The number of nitrogens with one attached hydrogen (secondary N) is 2. The van der Waals surface area contributed by atoms with E-state index in [2.05, 4.69) is 29.0 Å². The van der Waals surface area contributed by atoms with E-state index in [9.17, 15) is 4.79 Å². The molecule has 0 spiro atoms. The first kappa shape index (κ1) is 15.9. The summed E-state index contributed by atoms with van der Waals surface area (Å²) in [4.78, 5) is 11.6. The van der Waals surface area contributed by atoms with Gasteiger partial charge in [-0.25, -0.2) is 4.79 Å². The van der Waals surface area contributed by atoms with Crippen molar-refractivity contribution in [3.05, 3.63) is 17.0 Å². The molecule has 0 saturated carbocycles. The molecule has 5 nitrogen and oxygen atoms in total. The molecule has 1 aromatic rings. The molecule has 0 aliphatic carbocycles. The van der Waals surface area contributed by atoms with E-state index in [1.165, 1.54) is 0 Å². The number of amides is 2. The Kier molecular flexibility index (Phi) is 6.77. The Morgan fingerprint density at radius 3 is 2.74 bits per heavy atom. The molecule has 0 aliphatic rings. The van der Waals surface area contributed by atoms with Gasteiger partial charge in [0.25, 0.3) is 0 Å². The molecule has 1 atom stereocenters. The summed E-state index contributed by atoms with van der Waals surface area (Å²) in [5, 5.41) is 9.65. The number of aryl methyl sites for hydroxylation is 2. The van der Waals surface area contributed by atoms with E-state index in [4.69, 9.17) is 4.52 Å². The van der Waals surface area contributed by atoms with Gasteiger partial charge in [-0.2, -0.15) is 11.8 Å². The third kappa shape index (κ3) is 5.14. The normalized spacial score (nSPS) is 12.2. The van der Waals surface area contributed by atoms with Crippen LogP contribution >= 0.6 is 11.8 Å². The predicted octanol–water partition coefficient (Wildman–Crippen LogP) is 2.45. The third-order valence-corrected chi connectivity index (χ3v) is 3.66. The van der Waals surface area contributed by atoms with Gasteiger partial charge < -0.3 is 15.2 Å². The second-order valence-electron chi connectivity index (χ2n) is 4.62. The quantitative estimate of drug-likeness (QED) is 0.755. The summed E-state index contributed by atoms with van der Waals surface area (Å²) < 4.78 is 5.13. The maximum absolute atomic E-state index is 11.6. The van der Waals surface area contributed by atoms with Crippen LogP contribution in [0.1, 0.15) is 36.3 Å². The summed E-state index contributed by atoms with van der Waals surface area (Å²) in [6, 6.07) is -0.111. The number of hydrogen-bond acceptors (Lipinski definition) is 4. The number of carbonyl (C=O) groups excluding carboxylic acids is 1. The van der Waals surface area contributed by atoms with Crippen molar-refractivity contribution < 1.29 is 9.32 Å². The Bertz CT molecular complexity index is 387. The van der Waals surface area contributed by atoms with Gasteiger partial charge in [-0.3, -0.25) is 0 Å². The van der Waals surface area contributed by atoms with Gasteiger partial charge in [0.15, 0.2) is 0 Å². The SMILES string of the molecule is CSCCCNC(=O)NC[C@H](C)c1c(C)noc1C. The molecule has 2 amide bonds. The molecule has 108 valence electrons. The zero-order valence-corrected chi connectivity index (χ0v) is 12.9. The number of hydrogen-bond donors (Lipinski definition) is 2. The smallest absolute Gasteiger partial charge is 0.314 e. The van der Waals surface area contributed by atoms with Gasteiger partial charge in [-0.15, -0.1) is 0 Å². The molecule has 6 heteroatoms. The van der Waals surface area contributed by atoms with Crippen LogP contribution in [-0.2, 0) is 0 Å². The summed E-state index contributed by atoms with van der Waals surface area (Å²) in [5.74, 6) is 2.09. The van der Waals surface area contributed by atoms with Gasteiger partial charge in [0, 0.05) is 24.6 Å². The van der Waals surface area contributed by atoms with E-state index in [0.717, 1.165) is 29.2 Å². The van der Waals surface area contributed by atoms with Crippen molar-refractivity contribution in [2.75, 3.05) is 25.1 Å². The highest BCUT2D eigenvalue weighted by molar-refractivity contribution is 7.98. The Hall–Kier alpha value is -1.17. The molecule has 1 aromatic heterocycles.